The third kappa shape index (κ3) is 2.44. The Balaban J connectivity index is 1.92. The van der Waals surface area contributed by atoms with Crippen LogP contribution >= 0.6 is 0 Å². The molecule has 3 nitrogen and oxygen atoms in total. The minimum Gasteiger partial charge on any atom is -0.265 e. The summed E-state index contributed by atoms with van der Waals surface area (Å²) in [5.74, 6) is 0.633. The van der Waals surface area contributed by atoms with Crippen molar-refractivity contribution >= 4 is 5.57 Å². The second-order valence-corrected chi connectivity index (χ2v) is 7.00. The van der Waals surface area contributed by atoms with E-state index in [0.29, 0.717) is 5.92 Å². The summed E-state index contributed by atoms with van der Waals surface area (Å²) in [6, 6.07) is 4.16. The Labute approximate surface area is 143 Å². The number of hydrogen-bond donors (Lipinski definition) is 0. The number of nitrogens with zero attached hydrogens (tertiary/aromatic N) is 3. The average molecular weight is 317 g/mol. The maximum atomic E-state index is 5.01. The summed E-state index contributed by atoms with van der Waals surface area (Å²) in [5.41, 5.74) is 9.02. The lowest BCUT2D eigenvalue weighted by atomic mass is 9.78. The highest BCUT2D eigenvalue weighted by Gasteiger charge is 2.29. The second kappa shape index (κ2) is 5.90. The molecule has 3 heteroatoms. The van der Waals surface area contributed by atoms with Crippen LogP contribution in [0.25, 0.3) is 16.8 Å². The van der Waals surface area contributed by atoms with Crippen molar-refractivity contribution in [1.29, 1.82) is 0 Å². The maximum Gasteiger partial charge on any atom is 0.0961 e. The molecule has 0 saturated heterocycles. The van der Waals surface area contributed by atoms with E-state index in [1.165, 1.54) is 28.1 Å². The molecule has 2 aromatic rings. The molecule has 0 spiro atoms. The third-order valence-corrected chi connectivity index (χ3v) is 5.04. The normalized spacial score (nSPS) is 19.2. The van der Waals surface area contributed by atoms with Gasteiger partial charge in [0.15, 0.2) is 0 Å². The Kier molecular flexibility index (Phi) is 3.72. The van der Waals surface area contributed by atoms with Gasteiger partial charge in [-0.15, -0.1) is 0 Å². The predicted molar refractivity (Wildman–Crippen MR) is 98.4 cm³/mol. The molecule has 2 aromatic heterocycles. The van der Waals surface area contributed by atoms with Crippen LogP contribution in [0.2, 0.25) is 0 Å². The topological polar surface area (TPSA) is 30.7 Å². The molecule has 2 aliphatic carbocycles. The predicted octanol–water partition coefficient (Wildman–Crippen LogP) is 4.82. The van der Waals surface area contributed by atoms with Crippen LogP contribution in [0.15, 0.2) is 54.4 Å². The summed E-state index contributed by atoms with van der Waals surface area (Å²) in [7, 11) is 0. The molecule has 0 saturated carbocycles. The largest absolute Gasteiger partial charge is 0.265 e. The Bertz CT molecular complexity index is 853. The van der Waals surface area contributed by atoms with Crippen molar-refractivity contribution in [3.8, 4) is 11.3 Å². The molecule has 0 radical (unpaired) electrons. The molecule has 2 heterocycles. The van der Waals surface area contributed by atoms with Gasteiger partial charge >= 0.3 is 0 Å². The minimum atomic E-state index is 0.633. The lowest BCUT2D eigenvalue weighted by Gasteiger charge is -2.26. The Morgan fingerprint density at radius 2 is 2.08 bits per heavy atom. The van der Waals surface area contributed by atoms with Crippen LogP contribution < -0.4 is 0 Å². The highest BCUT2D eigenvalue weighted by atomic mass is 15.3. The first kappa shape index (κ1) is 15.1. The van der Waals surface area contributed by atoms with Gasteiger partial charge in [0.1, 0.15) is 0 Å². The van der Waals surface area contributed by atoms with E-state index in [1.807, 2.05) is 12.4 Å². The standard InChI is InChI=1S/C21H23N3/c1-14(2)13-24-21(16-9-11-22-12-10-16)19-8-7-17-15(3)5-4-6-18(17)20(19)23-24/h4,6,9-12,15H,1,5,7-8,13H2,2-3H3. The number of hydrogen-bond acceptors (Lipinski definition) is 2. The average Bonchev–Trinajstić information content (AvgIpc) is 2.93. The van der Waals surface area contributed by atoms with E-state index in [9.17, 15) is 0 Å². The number of allylic oxidation sites excluding steroid dienone is 5. The van der Waals surface area contributed by atoms with Gasteiger partial charge < -0.3 is 0 Å². The van der Waals surface area contributed by atoms with Gasteiger partial charge in [-0.25, -0.2) is 0 Å². The highest BCUT2D eigenvalue weighted by Crippen LogP contribution is 2.42. The summed E-state index contributed by atoms with van der Waals surface area (Å²) >= 11 is 0. The van der Waals surface area contributed by atoms with Crippen LogP contribution in [-0.2, 0) is 13.0 Å². The second-order valence-electron chi connectivity index (χ2n) is 7.00. The molecule has 0 aliphatic heterocycles. The molecule has 0 aromatic carbocycles. The van der Waals surface area contributed by atoms with E-state index in [4.69, 9.17) is 5.10 Å². The Morgan fingerprint density at radius 3 is 2.83 bits per heavy atom. The van der Waals surface area contributed by atoms with Gasteiger partial charge in [0.25, 0.3) is 0 Å². The van der Waals surface area contributed by atoms with Crippen LogP contribution in [-0.4, -0.2) is 14.8 Å². The fourth-order valence-electron chi connectivity index (χ4n) is 3.93. The van der Waals surface area contributed by atoms with E-state index in [2.05, 4.69) is 54.4 Å². The fraction of sp³-hybridized carbons (Fsp3) is 0.333. The quantitative estimate of drug-likeness (QED) is 0.760. The van der Waals surface area contributed by atoms with Crippen molar-refractivity contribution in [3.63, 3.8) is 0 Å². The van der Waals surface area contributed by atoms with Crippen molar-refractivity contribution in [2.75, 3.05) is 0 Å². The molecule has 1 atom stereocenters. The highest BCUT2D eigenvalue weighted by molar-refractivity contribution is 5.83. The Hall–Kier alpha value is -2.42. The Morgan fingerprint density at radius 1 is 1.29 bits per heavy atom. The van der Waals surface area contributed by atoms with Crippen LogP contribution in [0.3, 0.4) is 0 Å². The summed E-state index contributed by atoms with van der Waals surface area (Å²) in [5, 5.41) is 5.01. The molecule has 24 heavy (non-hydrogen) atoms. The molecule has 0 bridgehead atoms. The molecular formula is C21H23N3. The molecule has 122 valence electrons. The van der Waals surface area contributed by atoms with E-state index in [-0.39, 0.29) is 0 Å². The van der Waals surface area contributed by atoms with Gasteiger partial charge in [0.2, 0.25) is 0 Å². The maximum absolute atomic E-state index is 5.01. The van der Waals surface area contributed by atoms with Crippen LogP contribution in [0.5, 0.6) is 0 Å². The van der Waals surface area contributed by atoms with E-state index in [1.54, 1.807) is 5.57 Å². The van der Waals surface area contributed by atoms with E-state index in [0.717, 1.165) is 31.4 Å². The van der Waals surface area contributed by atoms with E-state index < -0.39 is 0 Å². The molecular weight excluding hydrogens is 294 g/mol. The van der Waals surface area contributed by atoms with Crippen molar-refractivity contribution < 1.29 is 0 Å². The van der Waals surface area contributed by atoms with E-state index >= 15 is 0 Å². The number of aromatic nitrogens is 3. The van der Waals surface area contributed by atoms with Crippen LogP contribution in [0.4, 0.5) is 0 Å². The molecule has 2 aliphatic rings. The minimum absolute atomic E-state index is 0.633. The molecule has 0 amide bonds. The van der Waals surface area contributed by atoms with Gasteiger partial charge in [0, 0.05) is 29.1 Å². The first-order chi connectivity index (χ1) is 11.6. The van der Waals surface area contributed by atoms with Crippen molar-refractivity contribution in [1.82, 2.24) is 14.8 Å². The van der Waals surface area contributed by atoms with Gasteiger partial charge in [-0.05, 0) is 44.2 Å². The first-order valence-corrected chi connectivity index (χ1v) is 8.69. The zero-order chi connectivity index (χ0) is 16.7. The van der Waals surface area contributed by atoms with Gasteiger partial charge in [-0.2, -0.15) is 5.10 Å². The summed E-state index contributed by atoms with van der Waals surface area (Å²) in [6.45, 7) is 9.23. The fourth-order valence-corrected chi connectivity index (χ4v) is 3.93. The van der Waals surface area contributed by atoms with Crippen LogP contribution in [0.1, 0.15) is 37.9 Å². The van der Waals surface area contributed by atoms with Gasteiger partial charge in [-0.3, -0.25) is 9.67 Å². The van der Waals surface area contributed by atoms with Gasteiger partial charge in [0.05, 0.1) is 17.9 Å². The monoisotopic (exact) mass is 317 g/mol. The SMILES string of the molecule is C=C(C)Cn1nc2c(c1-c1ccncc1)CCC1=C2C=CCC1C. The zero-order valence-electron chi connectivity index (χ0n) is 14.4. The molecule has 0 fully saturated rings. The molecule has 1 unspecified atom stereocenters. The third-order valence-electron chi connectivity index (χ3n) is 5.04. The smallest absolute Gasteiger partial charge is 0.0961 e. The summed E-state index contributed by atoms with van der Waals surface area (Å²) in [6.07, 6.45) is 11.7. The zero-order valence-corrected chi connectivity index (χ0v) is 14.4. The number of rotatable bonds is 3. The van der Waals surface area contributed by atoms with Crippen molar-refractivity contribution in [2.45, 2.75) is 39.7 Å². The summed E-state index contributed by atoms with van der Waals surface area (Å²) in [4.78, 5) is 4.17. The number of fused-ring (bicyclic) bond motifs is 2. The molecule has 0 N–H and O–H groups in total. The van der Waals surface area contributed by atoms with Crippen molar-refractivity contribution in [2.24, 2.45) is 5.92 Å². The number of pyridine rings is 1. The van der Waals surface area contributed by atoms with Gasteiger partial charge in [-0.1, -0.05) is 36.8 Å². The van der Waals surface area contributed by atoms with Crippen molar-refractivity contribution in [3.05, 3.63) is 65.7 Å². The lowest BCUT2D eigenvalue weighted by molar-refractivity contribution is 0.642. The first-order valence-electron chi connectivity index (χ1n) is 8.69. The van der Waals surface area contributed by atoms with Crippen LogP contribution in [0, 0.1) is 5.92 Å². The lowest BCUT2D eigenvalue weighted by Crippen LogP contribution is -2.12. The molecule has 4 rings (SSSR count). The summed E-state index contributed by atoms with van der Waals surface area (Å²) < 4.78 is 2.13.